The Bertz CT molecular complexity index is 1040. The second-order valence-electron chi connectivity index (χ2n) is 7.78. The van der Waals surface area contributed by atoms with Gasteiger partial charge >= 0.3 is 5.97 Å². The SMILES string of the molecule is COCCCc1cnc(-c2cccc3cn(C)nc23)c(N2CCC(C(=O)O)CC2)n1. The highest BCUT2D eigenvalue weighted by atomic mass is 16.5. The maximum absolute atomic E-state index is 11.4. The van der Waals surface area contributed by atoms with Crippen molar-refractivity contribution in [3.63, 3.8) is 0 Å². The predicted molar refractivity (Wildman–Crippen MR) is 115 cm³/mol. The van der Waals surface area contributed by atoms with Crippen LogP contribution >= 0.6 is 0 Å². The fourth-order valence-electron chi connectivity index (χ4n) is 4.04. The second-order valence-corrected chi connectivity index (χ2v) is 7.78. The summed E-state index contributed by atoms with van der Waals surface area (Å²) in [5.41, 5.74) is 3.55. The molecular formula is C22H27N5O3. The molecule has 8 nitrogen and oxygen atoms in total. The third-order valence-corrected chi connectivity index (χ3v) is 5.64. The van der Waals surface area contributed by atoms with E-state index in [1.807, 2.05) is 37.6 Å². The third kappa shape index (κ3) is 4.14. The number of fused-ring (bicyclic) bond motifs is 1. The summed E-state index contributed by atoms with van der Waals surface area (Å²) in [6.07, 6.45) is 6.70. The smallest absolute Gasteiger partial charge is 0.306 e. The third-order valence-electron chi connectivity index (χ3n) is 5.64. The molecule has 1 N–H and O–H groups in total. The van der Waals surface area contributed by atoms with Gasteiger partial charge in [0.1, 0.15) is 11.2 Å². The molecule has 0 spiro atoms. The zero-order valence-corrected chi connectivity index (χ0v) is 17.4. The van der Waals surface area contributed by atoms with Crippen molar-refractivity contribution in [2.75, 3.05) is 31.7 Å². The molecule has 30 heavy (non-hydrogen) atoms. The van der Waals surface area contributed by atoms with E-state index >= 15 is 0 Å². The van der Waals surface area contributed by atoms with Crippen LogP contribution in [0.2, 0.25) is 0 Å². The summed E-state index contributed by atoms with van der Waals surface area (Å²) in [7, 11) is 3.60. The first-order chi connectivity index (χ1) is 14.6. The standard InChI is InChI=1S/C22H27N5O3/c1-26-14-16-5-3-7-18(19(16)25-26)20-21(24-17(13-23-20)6-4-12-30-2)27-10-8-15(9-11-27)22(28)29/h3,5,7,13-15H,4,6,8-12H2,1-2H3,(H,28,29). The summed E-state index contributed by atoms with van der Waals surface area (Å²) in [4.78, 5) is 23.3. The van der Waals surface area contributed by atoms with E-state index in [1.165, 1.54) is 0 Å². The molecule has 0 amide bonds. The van der Waals surface area contributed by atoms with Gasteiger partial charge in [0.15, 0.2) is 5.82 Å². The van der Waals surface area contributed by atoms with Gasteiger partial charge in [-0.25, -0.2) is 4.98 Å². The van der Waals surface area contributed by atoms with E-state index in [2.05, 4.69) is 10.00 Å². The average molecular weight is 409 g/mol. The minimum absolute atomic E-state index is 0.290. The lowest BCUT2D eigenvalue weighted by Crippen LogP contribution is -2.37. The van der Waals surface area contributed by atoms with Crippen molar-refractivity contribution in [2.24, 2.45) is 13.0 Å². The monoisotopic (exact) mass is 409 g/mol. The van der Waals surface area contributed by atoms with Crippen molar-refractivity contribution in [1.82, 2.24) is 19.7 Å². The number of hydrogen-bond acceptors (Lipinski definition) is 6. The first-order valence-corrected chi connectivity index (χ1v) is 10.3. The number of aliphatic carboxylic acids is 1. The summed E-state index contributed by atoms with van der Waals surface area (Å²) in [5.74, 6) is -0.193. The van der Waals surface area contributed by atoms with Crippen LogP contribution in [0.4, 0.5) is 5.82 Å². The number of aryl methyl sites for hydroxylation is 2. The van der Waals surface area contributed by atoms with Crippen LogP contribution in [0.15, 0.2) is 30.6 Å². The van der Waals surface area contributed by atoms with Crippen molar-refractivity contribution in [2.45, 2.75) is 25.7 Å². The predicted octanol–water partition coefficient (Wildman–Crippen LogP) is 2.91. The minimum atomic E-state index is -0.715. The molecule has 1 aliphatic heterocycles. The van der Waals surface area contributed by atoms with Crippen molar-refractivity contribution in [1.29, 1.82) is 0 Å². The number of aromatic nitrogens is 4. The molecule has 1 saturated heterocycles. The van der Waals surface area contributed by atoms with Gasteiger partial charge in [-0.05, 0) is 25.7 Å². The number of carboxylic acids is 1. The lowest BCUT2D eigenvalue weighted by atomic mass is 9.96. The van der Waals surface area contributed by atoms with E-state index in [-0.39, 0.29) is 5.92 Å². The number of carboxylic acid groups (broad SMARTS) is 1. The fraction of sp³-hybridized carbons (Fsp3) is 0.455. The summed E-state index contributed by atoms with van der Waals surface area (Å²) < 4.78 is 6.97. The number of benzene rings is 1. The van der Waals surface area contributed by atoms with E-state index in [0.29, 0.717) is 32.5 Å². The molecular weight excluding hydrogens is 382 g/mol. The quantitative estimate of drug-likeness (QED) is 0.600. The molecule has 1 fully saturated rings. The maximum atomic E-state index is 11.4. The zero-order valence-electron chi connectivity index (χ0n) is 17.4. The van der Waals surface area contributed by atoms with Gasteiger partial charge in [0.25, 0.3) is 0 Å². The molecule has 0 unspecified atom stereocenters. The van der Waals surface area contributed by atoms with E-state index in [0.717, 1.165) is 46.5 Å². The number of methoxy groups -OCH3 is 1. The van der Waals surface area contributed by atoms with E-state index in [4.69, 9.17) is 14.7 Å². The van der Waals surface area contributed by atoms with Crippen molar-refractivity contribution in [3.8, 4) is 11.3 Å². The van der Waals surface area contributed by atoms with Gasteiger partial charge in [-0.1, -0.05) is 18.2 Å². The molecule has 3 aromatic rings. The van der Waals surface area contributed by atoms with Crippen LogP contribution in [0.1, 0.15) is 25.0 Å². The lowest BCUT2D eigenvalue weighted by Gasteiger charge is -2.32. The Morgan fingerprint density at radius 3 is 2.83 bits per heavy atom. The zero-order chi connectivity index (χ0) is 21.1. The highest BCUT2D eigenvalue weighted by Crippen LogP contribution is 2.34. The van der Waals surface area contributed by atoms with Gasteiger partial charge < -0.3 is 14.7 Å². The van der Waals surface area contributed by atoms with Crippen LogP contribution in [0.25, 0.3) is 22.2 Å². The second kappa shape index (κ2) is 8.79. The lowest BCUT2D eigenvalue weighted by molar-refractivity contribution is -0.142. The minimum Gasteiger partial charge on any atom is -0.481 e. The van der Waals surface area contributed by atoms with Crippen molar-refractivity contribution >= 4 is 22.7 Å². The molecule has 0 aliphatic carbocycles. The van der Waals surface area contributed by atoms with Crippen LogP contribution < -0.4 is 4.90 Å². The molecule has 2 aromatic heterocycles. The Morgan fingerprint density at radius 1 is 1.30 bits per heavy atom. The molecule has 0 atom stereocenters. The van der Waals surface area contributed by atoms with Crippen LogP contribution in [0.3, 0.4) is 0 Å². The van der Waals surface area contributed by atoms with E-state index < -0.39 is 5.97 Å². The van der Waals surface area contributed by atoms with Crippen LogP contribution in [0, 0.1) is 5.92 Å². The Balaban J connectivity index is 1.73. The molecule has 0 saturated carbocycles. The number of ether oxygens (including phenoxy) is 1. The molecule has 1 aromatic carbocycles. The first-order valence-electron chi connectivity index (χ1n) is 10.3. The van der Waals surface area contributed by atoms with E-state index in [1.54, 1.807) is 11.8 Å². The highest BCUT2D eigenvalue weighted by molar-refractivity contribution is 5.95. The first kappa shape index (κ1) is 20.3. The number of hydrogen-bond donors (Lipinski definition) is 1. The number of piperidine rings is 1. The Kier molecular flexibility index (Phi) is 5.94. The molecule has 158 valence electrons. The van der Waals surface area contributed by atoms with Gasteiger partial charge in [-0.15, -0.1) is 0 Å². The van der Waals surface area contributed by atoms with Gasteiger partial charge in [-0.2, -0.15) is 5.10 Å². The van der Waals surface area contributed by atoms with Crippen LogP contribution in [-0.4, -0.2) is 57.6 Å². The van der Waals surface area contributed by atoms with Gasteiger partial charge in [0.05, 0.1) is 11.6 Å². The molecule has 3 heterocycles. The number of anilines is 1. The largest absolute Gasteiger partial charge is 0.481 e. The van der Waals surface area contributed by atoms with Gasteiger partial charge in [-0.3, -0.25) is 14.5 Å². The fourth-order valence-corrected chi connectivity index (χ4v) is 4.04. The Hall–Kier alpha value is -3.00. The summed E-state index contributed by atoms with van der Waals surface area (Å²) in [6.45, 7) is 1.98. The Labute approximate surface area is 175 Å². The number of carbonyl (C=O) groups is 1. The molecule has 0 bridgehead atoms. The van der Waals surface area contributed by atoms with Crippen molar-refractivity contribution in [3.05, 3.63) is 36.3 Å². The molecule has 1 aliphatic rings. The molecule has 0 radical (unpaired) electrons. The van der Waals surface area contributed by atoms with E-state index in [9.17, 15) is 9.90 Å². The topological polar surface area (TPSA) is 93.4 Å². The highest BCUT2D eigenvalue weighted by Gasteiger charge is 2.27. The Morgan fingerprint density at radius 2 is 2.10 bits per heavy atom. The van der Waals surface area contributed by atoms with Gasteiger partial charge in [0.2, 0.25) is 0 Å². The van der Waals surface area contributed by atoms with Crippen LogP contribution in [0.5, 0.6) is 0 Å². The van der Waals surface area contributed by atoms with Gasteiger partial charge in [0, 0.05) is 57.2 Å². The normalized spacial score (nSPS) is 15.1. The summed E-state index contributed by atoms with van der Waals surface area (Å²) in [6, 6.07) is 6.07. The number of rotatable bonds is 7. The summed E-state index contributed by atoms with van der Waals surface area (Å²) in [5, 5.41) is 15.0. The average Bonchev–Trinajstić information content (AvgIpc) is 3.14. The summed E-state index contributed by atoms with van der Waals surface area (Å²) >= 11 is 0. The van der Waals surface area contributed by atoms with Crippen molar-refractivity contribution < 1.29 is 14.6 Å². The molecule has 4 rings (SSSR count). The van der Waals surface area contributed by atoms with Crippen LogP contribution in [-0.2, 0) is 23.0 Å². The maximum Gasteiger partial charge on any atom is 0.306 e. The molecule has 8 heteroatoms. The number of nitrogens with zero attached hydrogens (tertiary/aromatic N) is 5.